The largest absolute Gasteiger partial charge is 1.00 e. The number of rotatable bonds is 20. The van der Waals surface area contributed by atoms with Gasteiger partial charge in [0.1, 0.15) is 11.9 Å². The molecular weight excluding hydrogens is 1270 g/mol. The topological polar surface area (TPSA) is 245 Å². The summed E-state index contributed by atoms with van der Waals surface area (Å²) < 4.78 is 78.7. The van der Waals surface area contributed by atoms with Gasteiger partial charge in [-0.3, -0.25) is 33.0 Å². The second-order valence-electron chi connectivity index (χ2n) is 19.5. The van der Waals surface area contributed by atoms with E-state index in [-0.39, 0.29) is 177 Å². The molecule has 0 saturated carbocycles. The van der Waals surface area contributed by atoms with Gasteiger partial charge in [0.05, 0.1) is 75.5 Å². The summed E-state index contributed by atoms with van der Waals surface area (Å²) in [6.07, 6.45) is 11.6. The van der Waals surface area contributed by atoms with E-state index in [0.29, 0.717) is 38.2 Å². The van der Waals surface area contributed by atoms with E-state index in [9.17, 15) is 36.0 Å². The maximum Gasteiger partial charge on any atom is 1.00 e. The second kappa shape index (κ2) is 38.0. The van der Waals surface area contributed by atoms with E-state index in [4.69, 9.17) is 37.1 Å². The van der Waals surface area contributed by atoms with Gasteiger partial charge in [0.25, 0.3) is 26.5 Å². The minimum absolute atomic E-state index is 0. The molecule has 6 aromatic carbocycles. The first-order chi connectivity index (χ1) is 40.1. The van der Waals surface area contributed by atoms with Crippen LogP contribution in [-0.2, 0) is 67.9 Å². The van der Waals surface area contributed by atoms with Crippen molar-refractivity contribution in [1.29, 1.82) is 0 Å². The van der Waals surface area contributed by atoms with Crippen molar-refractivity contribution < 1.29 is 174 Å². The number of alkyl halides is 1. The number of nitrogens with one attached hydrogen (secondary N) is 1. The first-order valence-electron chi connectivity index (χ1n) is 26.3. The van der Waals surface area contributed by atoms with Gasteiger partial charge in [0.2, 0.25) is 0 Å². The molecule has 0 heterocycles. The Morgan fingerprint density at radius 3 is 1.29 bits per heavy atom. The molecule has 2 atom stereocenters. The predicted octanol–water partition coefficient (Wildman–Crippen LogP) is 3.21. The van der Waals surface area contributed by atoms with E-state index in [2.05, 4.69) is 42.1 Å². The van der Waals surface area contributed by atoms with E-state index in [1.807, 2.05) is 120 Å². The Hall–Kier alpha value is -4.88. The van der Waals surface area contributed by atoms with Gasteiger partial charge in [0.15, 0.2) is 0 Å². The van der Waals surface area contributed by atoms with Crippen molar-refractivity contribution in [2.75, 3.05) is 72.2 Å². The molecule has 19 nitrogen and oxygen atoms in total. The molecule has 0 amide bonds. The van der Waals surface area contributed by atoms with Crippen LogP contribution in [-0.4, -0.2) is 113 Å². The average molecular weight is 1350 g/mol. The number of aryl methyl sites for hydroxylation is 4. The molecule has 87 heavy (non-hydrogen) atoms. The van der Waals surface area contributed by atoms with Crippen LogP contribution in [0.4, 0.5) is 22.7 Å². The van der Waals surface area contributed by atoms with Crippen LogP contribution in [0, 0.1) is 80.1 Å². The predicted molar refractivity (Wildman–Crippen MR) is 335 cm³/mol. The van der Waals surface area contributed by atoms with E-state index in [0.717, 1.165) is 59.8 Å². The van der Waals surface area contributed by atoms with Crippen LogP contribution in [0.25, 0.3) is 21.5 Å². The maximum absolute atomic E-state index is 14.4. The van der Waals surface area contributed by atoms with Crippen molar-refractivity contribution in [3.05, 3.63) is 129 Å². The molecule has 0 fully saturated rings. The Labute approximate surface area is 607 Å². The SMILES string of the molecule is C#CCN(c1ccc(N(CC(=O)OC)S(=O)(=O)c2c(C)c(C)cc(C)c2C)c2ccccc12)[C@@H](C)CC(=O)OC.C#CCN(c1ccc(NS(=O)(=O)c2c(C)c(C)cc(C)c2C)c2ccccc12)[C@@H](C)CC(=O)OC.COC(=O)CBr.O=CO[O-].[H-].[K+].[K+]. The van der Waals surface area contributed by atoms with Gasteiger partial charge in [-0.15, -0.1) is 12.8 Å². The number of sulfonamides is 2. The number of methoxy groups -OCH3 is 4. The van der Waals surface area contributed by atoms with E-state index in [1.54, 1.807) is 44.2 Å². The third kappa shape index (κ3) is 21.1. The molecule has 0 aromatic heterocycles. The fourth-order valence-electron chi connectivity index (χ4n) is 9.37. The number of nitrogens with zero attached hydrogens (tertiary/aromatic N) is 3. The molecule has 0 spiro atoms. The summed E-state index contributed by atoms with van der Waals surface area (Å²) in [7, 11) is -2.79. The standard InChI is InChI=1S/C31H36N2O6S.C28H32N2O4S.C3H5BrO2.CH2O3.2K.H/c1-9-16-32(22(4)18-29(34)38-7)27-14-15-28(26-13-11-10-12-25(26)27)33(19-30(35)39-8)40(36,37)31-23(5)20(2)17-21(3)24(31)6;1-8-15-30(20(4)17-27(31)34-7)26-14-13-25(23-11-9-10-12-24(23)26)29-35(32,33)28-21(5)18(2)16-19(3)22(28)6;1-6-3(5)2-4;2-1-4-3;;;/h1,10-15,17,22H,16,18-19H2,2-8H3;1,9-14,16,20,29H,15,17H2,2-7H3;2H2,1H3;1,3H;;;/q;;;;2*+1;-1/p-1/t22-;20-;;;;;/m00...../s1. The number of terminal acetylenes is 2. The molecule has 6 rings (SSSR count). The molecule has 0 aliphatic rings. The average Bonchev–Trinajstić information content (AvgIpc) is 1.25. The zero-order valence-corrected chi connectivity index (χ0v) is 61.8. The minimum atomic E-state index is -4.21. The van der Waals surface area contributed by atoms with Crippen LogP contribution in [0.1, 0.15) is 72.6 Å². The molecule has 0 saturated heterocycles. The van der Waals surface area contributed by atoms with Crippen molar-refractivity contribution in [2.45, 2.75) is 104 Å². The van der Waals surface area contributed by atoms with Crippen molar-refractivity contribution in [1.82, 2.24) is 0 Å². The van der Waals surface area contributed by atoms with Crippen LogP contribution in [0.15, 0.2) is 94.7 Å². The number of anilines is 4. The maximum atomic E-state index is 14.4. The Balaban J connectivity index is 0.00000145. The smallest absolute Gasteiger partial charge is 1.00 e. The summed E-state index contributed by atoms with van der Waals surface area (Å²) in [5.74, 6) is 3.68. The molecule has 0 bridgehead atoms. The molecule has 6 aromatic rings. The zero-order chi connectivity index (χ0) is 64.1. The Kier molecular flexibility index (Phi) is 35.0. The molecule has 0 aliphatic heterocycles. The van der Waals surface area contributed by atoms with Gasteiger partial charge in [0, 0.05) is 45.0 Å². The summed E-state index contributed by atoms with van der Waals surface area (Å²) in [5.41, 5.74) is 8.58. The van der Waals surface area contributed by atoms with Gasteiger partial charge in [-0.05, 0) is 138 Å². The molecular formula is C63H75BrK2N4O15S2. The second-order valence-corrected chi connectivity index (χ2v) is 23.5. The van der Waals surface area contributed by atoms with Gasteiger partial charge >= 0.3 is 127 Å². The normalized spacial score (nSPS) is 11.1. The molecule has 0 unspecified atom stereocenters. The monoisotopic (exact) mass is 1350 g/mol. The summed E-state index contributed by atoms with van der Waals surface area (Å²) in [6.45, 7) is 18.4. The molecule has 0 aliphatic carbocycles. The number of hydrogen-bond acceptors (Lipinski definition) is 17. The number of hydrogen-bond donors (Lipinski definition) is 1. The van der Waals surface area contributed by atoms with Crippen molar-refractivity contribution in [3.8, 4) is 24.7 Å². The Morgan fingerprint density at radius 1 is 0.586 bits per heavy atom. The molecule has 1 N–H and O–H groups in total. The number of fused-ring (bicyclic) bond motifs is 2. The minimum Gasteiger partial charge on any atom is -1.00 e. The Morgan fingerprint density at radius 2 is 0.931 bits per heavy atom. The summed E-state index contributed by atoms with van der Waals surface area (Å²) in [4.78, 5) is 62.0. The van der Waals surface area contributed by atoms with Gasteiger partial charge in [-0.2, -0.15) is 0 Å². The van der Waals surface area contributed by atoms with Gasteiger partial charge < -0.3 is 40.3 Å². The molecule has 24 heteroatoms. The number of esters is 4. The van der Waals surface area contributed by atoms with Gasteiger partial charge in [-0.25, -0.2) is 16.8 Å². The third-order valence-corrected chi connectivity index (χ3v) is 18.3. The van der Waals surface area contributed by atoms with Crippen molar-refractivity contribution >= 4 is 111 Å². The fourth-order valence-corrected chi connectivity index (χ4v) is 13.3. The number of carbonyl (C=O) groups is 5. The van der Waals surface area contributed by atoms with Crippen LogP contribution in [0.2, 0.25) is 0 Å². The zero-order valence-electron chi connectivity index (χ0n) is 53.4. The van der Waals surface area contributed by atoms with Crippen molar-refractivity contribution in [2.24, 2.45) is 0 Å². The number of carbonyl (C=O) groups excluding carboxylic acids is 5. The molecule has 0 radical (unpaired) electrons. The van der Waals surface area contributed by atoms with E-state index in [1.165, 1.54) is 28.4 Å². The Bertz CT molecular complexity index is 3670. The number of halogens is 1. The van der Waals surface area contributed by atoms with E-state index < -0.39 is 32.6 Å². The van der Waals surface area contributed by atoms with Crippen LogP contribution in [0.3, 0.4) is 0 Å². The summed E-state index contributed by atoms with van der Waals surface area (Å²) >= 11 is 2.90. The van der Waals surface area contributed by atoms with Crippen LogP contribution in [0.5, 0.6) is 0 Å². The van der Waals surface area contributed by atoms with Gasteiger partial charge in [-0.1, -0.05) is 88.4 Å². The number of benzene rings is 6. The summed E-state index contributed by atoms with van der Waals surface area (Å²) in [6, 6.07) is 25.3. The number of ether oxygens (including phenoxy) is 4. The summed E-state index contributed by atoms with van der Waals surface area (Å²) in [5, 5.41) is 11.6. The van der Waals surface area contributed by atoms with Crippen LogP contribution >= 0.6 is 15.9 Å². The van der Waals surface area contributed by atoms with E-state index >= 15 is 0 Å². The third-order valence-electron chi connectivity index (χ3n) is 14.2. The fraction of sp³-hybridized carbons (Fsp3) is 0.349. The molecule has 458 valence electrons. The quantitative estimate of drug-likeness (QED) is 0.0169. The first kappa shape index (κ1) is 80.1. The van der Waals surface area contributed by atoms with Crippen molar-refractivity contribution in [3.63, 3.8) is 0 Å². The first-order valence-corrected chi connectivity index (χ1v) is 30.4. The van der Waals surface area contributed by atoms with Crippen LogP contribution < -0.4 is 127 Å².